The maximum absolute atomic E-state index is 6.54. The number of hydrogen-bond acceptors (Lipinski definition) is 3. The van der Waals surface area contributed by atoms with Gasteiger partial charge in [0.05, 0.1) is 6.10 Å². The van der Waals surface area contributed by atoms with Crippen LogP contribution in [0.3, 0.4) is 0 Å². The molecule has 0 saturated heterocycles. The molecule has 0 heterocycles. The van der Waals surface area contributed by atoms with Crippen molar-refractivity contribution in [3.05, 3.63) is 94.1 Å². The molecule has 0 radical (unpaired) electrons. The van der Waals surface area contributed by atoms with E-state index >= 15 is 0 Å². The van der Waals surface area contributed by atoms with Gasteiger partial charge < -0.3 is 14.2 Å². The second-order valence-corrected chi connectivity index (χ2v) is 15.7. The molecular weight excluding hydrogens is 718 g/mol. The summed E-state index contributed by atoms with van der Waals surface area (Å²) in [7, 11) is 0. The van der Waals surface area contributed by atoms with Crippen molar-refractivity contribution in [3.8, 4) is 11.5 Å². The van der Waals surface area contributed by atoms with E-state index in [1.807, 2.05) is 36.4 Å². The topological polar surface area (TPSA) is 27.7 Å². The molecule has 0 saturated carbocycles. The highest BCUT2D eigenvalue weighted by molar-refractivity contribution is 6.18. The molecule has 3 rings (SSSR count). The Hall–Kier alpha value is -1.62. The van der Waals surface area contributed by atoms with E-state index in [4.69, 9.17) is 60.6 Å². The Morgan fingerprint density at radius 3 is 1.84 bits per heavy atom. The van der Waals surface area contributed by atoms with Gasteiger partial charge in [-0.3, -0.25) is 0 Å². The highest BCUT2D eigenvalue weighted by Crippen LogP contribution is 2.34. The van der Waals surface area contributed by atoms with Gasteiger partial charge in [0.25, 0.3) is 0 Å². The van der Waals surface area contributed by atoms with E-state index in [-0.39, 0.29) is 6.10 Å². The zero-order valence-electron chi connectivity index (χ0n) is 31.6. The number of alkyl halides is 4. The number of benzene rings is 2. The van der Waals surface area contributed by atoms with Gasteiger partial charge in [-0.2, -0.15) is 0 Å². The van der Waals surface area contributed by atoms with Crippen LogP contribution in [0, 0.1) is 11.3 Å². The Bertz CT molecular complexity index is 1340. The van der Waals surface area contributed by atoms with Crippen LogP contribution in [-0.4, -0.2) is 25.9 Å². The number of rotatable bonds is 26. The molecule has 7 heteroatoms. The number of allylic oxidation sites excluding steroid dienone is 2. The van der Waals surface area contributed by atoms with Gasteiger partial charge >= 0.3 is 0 Å². The molecule has 3 nitrogen and oxygen atoms in total. The summed E-state index contributed by atoms with van der Waals surface area (Å²) >= 11 is 24.6. The zero-order chi connectivity index (χ0) is 36.9. The smallest absolute Gasteiger partial charge is 0.120 e. The lowest BCUT2D eigenvalue weighted by Gasteiger charge is -2.29. The molecule has 2 aromatic carbocycles. The van der Waals surface area contributed by atoms with Gasteiger partial charge in [0.1, 0.15) is 24.7 Å². The number of hydrogen-bond donors (Lipinski definition) is 0. The molecule has 51 heavy (non-hydrogen) atoms. The fraction of sp³-hybridized carbons (Fsp3) is 0.591. The minimum atomic E-state index is -0.0458. The van der Waals surface area contributed by atoms with Crippen molar-refractivity contribution in [2.45, 2.75) is 134 Å². The van der Waals surface area contributed by atoms with Crippen molar-refractivity contribution >= 4 is 46.4 Å². The Balaban J connectivity index is 1.55. The Kier molecular flexibility index (Phi) is 21.2. The van der Waals surface area contributed by atoms with Gasteiger partial charge in [0.2, 0.25) is 0 Å². The van der Waals surface area contributed by atoms with Crippen LogP contribution in [0.5, 0.6) is 11.5 Å². The number of ether oxygens (including phenoxy) is 3. The molecule has 284 valence electrons. The minimum absolute atomic E-state index is 0.0458. The van der Waals surface area contributed by atoms with Gasteiger partial charge in [-0.25, -0.2) is 0 Å². The van der Waals surface area contributed by atoms with Gasteiger partial charge in [0.15, 0.2) is 0 Å². The summed E-state index contributed by atoms with van der Waals surface area (Å²) < 4.78 is 19.1. The molecule has 3 unspecified atom stereocenters. The molecule has 0 bridgehead atoms. The first-order chi connectivity index (χ1) is 24.7. The lowest BCUT2D eigenvalue weighted by molar-refractivity contribution is 0.0704. The highest BCUT2D eigenvalue weighted by Gasteiger charge is 2.22. The lowest BCUT2D eigenvalue weighted by Crippen LogP contribution is -2.21. The van der Waals surface area contributed by atoms with E-state index in [0.29, 0.717) is 42.1 Å². The van der Waals surface area contributed by atoms with Crippen molar-refractivity contribution in [1.82, 2.24) is 0 Å². The molecule has 1 aliphatic rings. The van der Waals surface area contributed by atoms with E-state index in [1.54, 1.807) is 0 Å². The summed E-state index contributed by atoms with van der Waals surface area (Å²) in [4.78, 5) is 0. The molecule has 0 aromatic heterocycles. The maximum Gasteiger partial charge on any atom is 0.120 e. The Labute approximate surface area is 330 Å². The van der Waals surface area contributed by atoms with Gasteiger partial charge in [-0.1, -0.05) is 83.7 Å². The molecule has 2 aromatic rings. The first-order valence-electron chi connectivity index (χ1n) is 19.1. The third-order valence-electron chi connectivity index (χ3n) is 10.2. The average Bonchev–Trinajstić information content (AvgIpc) is 3.16. The van der Waals surface area contributed by atoms with Crippen molar-refractivity contribution < 1.29 is 14.2 Å². The summed E-state index contributed by atoms with van der Waals surface area (Å²) in [5, 5.41) is 0. The van der Waals surface area contributed by atoms with Gasteiger partial charge in [-0.05, 0) is 120 Å². The molecule has 0 N–H and O–H groups in total. The van der Waals surface area contributed by atoms with Crippen molar-refractivity contribution in [1.29, 1.82) is 0 Å². The third kappa shape index (κ3) is 16.9. The molecule has 0 fully saturated rings. The Morgan fingerprint density at radius 2 is 1.29 bits per heavy atom. The molecule has 0 aliphatic heterocycles. The predicted molar refractivity (Wildman–Crippen MR) is 221 cm³/mol. The maximum atomic E-state index is 6.54. The van der Waals surface area contributed by atoms with Crippen LogP contribution in [0.2, 0.25) is 0 Å². The second kappa shape index (κ2) is 24.6. The fourth-order valence-electron chi connectivity index (χ4n) is 6.55. The molecule has 1 aliphatic carbocycles. The standard InChI is InChI=1S/C44H62Cl4O3/c1-5-34(3)15-12-10-8-7-9-11-13-16-44(4,6-2)17-14-18-49-41-26-39(32-50-42-22-35(28-45)19-36(23-42)29-46)21-40(27-41)33-51-43-24-37(30-47)20-38(25-43)31-48/h7,9,19-26,34,41H,5-6,8,10-18,27-33H2,1-4H3/b9-7+. The zero-order valence-corrected chi connectivity index (χ0v) is 34.6. The minimum Gasteiger partial charge on any atom is -0.489 e. The second-order valence-electron chi connectivity index (χ2n) is 14.7. The Morgan fingerprint density at radius 1 is 0.745 bits per heavy atom. The largest absolute Gasteiger partial charge is 0.489 e. The monoisotopic (exact) mass is 778 g/mol. The van der Waals surface area contributed by atoms with Crippen LogP contribution in [-0.2, 0) is 28.3 Å². The van der Waals surface area contributed by atoms with E-state index in [1.165, 1.54) is 64.2 Å². The summed E-state index contributed by atoms with van der Waals surface area (Å²) in [5.74, 6) is 4.03. The van der Waals surface area contributed by atoms with Crippen molar-refractivity contribution in [2.24, 2.45) is 11.3 Å². The lowest BCUT2D eigenvalue weighted by atomic mass is 9.78. The van der Waals surface area contributed by atoms with Gasteiger partial charge in [-0.15, -0.1) is 46.4 Å². The fourth-order valence-corrected chi connectivity index (χ4v) is 7.17. The normalized spacial score (nSPS) is 16.5. The van der Waals surface area contributed by atoms with Crippen LogP contribution in [0.15, 0.2) is 71.8 Å². The SMILES string of the molecule is CCC(C)CCCC/C=C/CCCC(C)(CC)CCCOC1C=C(COc2cc(CCl)cc(CCl)c2)C=C(COc2cc(CCl)cc(CCl)c2)C1. The molecule has 3 atom stereocenters. The van der Waals surface area contributed by atoms with Gasteiger partial charge in [0, 0.05) is 36.5 Å². The molecule has 0 spiro atoms. The van der Waals surface area contributed by atoms with E-state index in [9.17, 15) is 0 Å². The predicted octanol–water partition coefficient (Wildman–Crippen LogP) is 14.3. The highest BCUT2D eigenvalue weighted by atomic mass is 35.5. The third-order valence-corrected chi connectivity index (χ3v) is 11.4. The molecule has 0 amide bonds. The van der Waals surface area contributed by atoms with Crippen molar-refractivity contribution in [2.75, 3.05) is 19.8 Å². The number of halogens is 4. The van der Waals surface area contributed by atoms with Crippen molar-refractivity contribution in [3.63, 3.8) is 0 Å². The van der Waals surface area contributed by atoms with E-state index < -0.39 is 0 Å². The summed E-state index contributed by atoms with van der Waals surface area (Å²) in [6.45, 7) is 11.0. The first-order valence-corrected chi connectivity index (χ1v) is 21.3. The summed E-state index contributed by atoms with van der Waals surface area (Å²) in [6.07, 6.45) is 23.5. The summed E-state index contributed by atoms with van der Waals surface area (Å²) in [5.41, 5.74) is 6.52. The quantitative estimate of drug-likeness (QED) is 0.0541. The number of unbranched alkanes of at least 4 members (excludes halogenated alkanes) is 3. The summed E-state index contributed by atoms with van der Waals surface area (Å²) in [6, 6.07) is 11.9. The van der Waals surface area contributed by atoms with E-state index in [2.05, 4.69) is 52.0 Å². The van der Waals surface area contributed by atoms with Crippen LogP contribution < -0.4 is 9.47 Å². The average molecular weight is 781 g/mol. The first kappa shape index (κ1) is 43.8. The van der Waals surface area contributed by atoms with Crippen LogP contribution >= 0.6 is 46.4 Å². The molecular formula is C44H62Cl4O3. The van der Waals surface area contributed by atoms with Crippen LogP contribution in [0.25, 0.3) is 0 Å². The van der Waals surface area contributed by atoms with Crippen LogP contribution in [0.1, 0.15) is 127 Å². The van der Waals surface area contributed by atoms with Crippen LogP contribution in [0.4, 0.5) is 0 Å². The van der Waals surface area contributed by atoms with E-state index in [0.717, 1.165) is 70.3 Å².